The largest absolute Gasteiger partial charge is 0.411 e. The second-order valence-corrected chi connectivity index (χ2v) is 36.4. The Labute approximate surface area is 168 Å². The minimum absolute atomic E-state index is 0.0394. The van der Waals surface area contributed by atoms with E-state index in [2.05, 4.69) is 89.3 Å². The van der Waals surface area contributed by atoms with Crippen LogP contribution < -0.4 is 9.96 Å². The van der Waals surface area contributed by atoms with Crippen molar-refractivity contribution in [2.45, 2.75) is 122 Å². The number of rotatable bonds is 8. The van der Waals surface area contributed by atoms with E-state index in [0.717, 1.165) is 12.8 Å². The summed E-state index contributed by atoms with van der Waals surface area (Å²) in [7, 11) is -5.71. The van der Waals surface area contributed by atoms with Crippen LogP contribution in [-0.4, -0.2) is 49.6 Å². The zero-order chi connectivity index (χ0) is 20.6. The zero-order valence-electron chi connectivity index (χ0n) is 19.9. The van der Waals surface area contributed by atoms with E-state index in [1.54, 1.807) is 0 Å². The highest BCUT2D eigenvalue weighted by atomic mass is 29.3. The Kier molecular flexibility index (Phi) is 7.85. The molecule has 1 aliphatic heterocycles. The number of hydrogen-bond acceptors (Lipinski definition) is 3. The van der Waals surface area contributed by atoms with Crippen LogP contribution in [0.1, 0.15) is 33.1 Å². The molecule has 0 spiro atoms. The SMILES string of the molecule is CCC(N[Si](C)(C)C)C1(C(CC)N[Si](C)(C)C)CC[Si](C)(C)[Si](C)(C)O1. The van der Waals surface area contributed by atoms with Crippen molar-refractivity contribution in [3.05, 3.63) is 0 Å². The van der Waals surface area contributed by atoms with Gasteiger partial charge in [0, 0.05) is 12.1 Å². The molecule has 2 N–H and O–H groups in total. The van der Waals surface area contributed by atoms with Crippen LogP contribution in [0.5, 0.6) is 0 Å². The van der Waals surface area contributed by atoms with Crippen molar-refractivity contribution in [3.8, 4) is 0 Å². The quantitative estimate of drug-likeness (QED) is 0.494. The van der Waals surface area contributed by atoms with E-state index in [9.17, 15) is 0 Å². The first-order valence-corrected chi connectivity index (χ1v) is 24.9. The van der Waals surface area contributed by atoms with Crippen molar-refractivity contribution in [1.29, 1.82) is 0 Å². The van der Waals surface area contributed by atoms with Crippen LogP contribution in [0.2, 0.25) is 71.5 Å². The standard InChI is InChI=1S/C19H48N2OSi4/c1-13-17(20-23(3,4)5)19(18(14-2)21-24(6,7)8)15-16-25(9,10)26(11,12)22-19/h17-18,20-21H,13-16H2,1-12H3. The summed E-state index contributed by atoms with van der Waals surface area (Å²) in [4.78, 5) is 8.22. The molecule has 1 fully saturated rings. The van der Waals surface area contributed by atoms with E-state index in [4.69, 9.17) is 4.43 Å². The predicted molar refractivity (Wildman–Crippen MR) is 129 cm³/mol. The number of nitrogens with one attached hydrogen (secondary N) is 2. The molecule has 2 atom stereocenters. The summed E-state index contributed by atoms with van der Waals surface area (Å²) in [6, 6.07) is 2.33. The average molecular weight is 433 g/mol. The lowest BCUT2D eigenvalue weighted by molar-refractivity contribution is -0.0126. The molecule has 1 saturated heterocycles. The molecule has 2 unspecified atom stereocenters. The van der Waals surface area contributed by atoms with E-state index in [1.807, 2.05) is 0 Å². The van der Waals surface area contributed by atoms with Crippen LogP contribution in [0.3, 0.4) is 0 Å². The lowest BCUT2D eigenvalue weighted by atomic mass is 9.82. The van der Waals surface area contributed by atoms with Crippen LogP contribution in [-0.2, 0) is 4.43 Å². The number of hydrogen-bond donors (Lipinski definition) is 2. The lowest BCUT2D eigenvalue weighted by Crippen LogP contribution is -2.76. The molecule has 3 nitrogen and oxygen atoms in total. The van der Waals surface area contributed by atoms with Crippen molar-refractivity contribution >= 4 is 31.9 Å². The molecule has 0 radical (unpaired) electrons. The first kappa shape index (κ1) is 24.8. The van der Waals surface area contributed by atoms with Crippen molar-refractivity contribution in [2.75, 3.05) is 0 Å². The molecule has 0 bridgehead atoms. The maximum atomic E-state index is 7.39. The molecule has 0 aromatic carbocycles. The van der Waals surface area contributed by atoms with Gasteiger partial charge in [0.25, 0.3) is 0 Å². The maximum absolute atomic E-state index is 7.39. The fourth-order valence-corrected chi connectivity index (χ4v) is 14.2. The van der Waals surface area contributed by atoms with Gasteiger partial charge in [-0.3, -0.25) is 0 Å². The summed E-state index contributed by atoms with van der Waals surface area (Å²) < 4.78 is 7.39. The first-order chi connectivity index (χ1) is 11.5. The van der Waals surface area contributed by atoms with Crippen molar-refractivity contribution < 1.29 is 4.43 Å². The minimum atomic E-state index is -1.67. The van der Waals surface area contributed by atoms with E-state index in [1.165, 1.54) is 12.5 Å². The van der Waals surface area contributed by atoms with Gasteiger partial charge in [-0.15, -0.1) is 0 Å². The molecule has 7 heteroatoms. The third-order valence-corrected chi connectivity index (χ3v) is 25.3. The summed E-state index contributed by atoms with van der Waals surface area (Å²) >= 11 is 0. The molecule has 1 heterocycles. The van der Waals surface area contributed by atoms with Crippen LogP contribution >= 0.6 is 0 Å². The smallest absolute Gasteiger partial charge is 0.174 e. The fourth-order valence-electron chi connectivity index (χ4n) is 4.39. The topological polar surface area (TPSA) is 33.3 Å². The maximum Gasteiger partial charge on any atom is 0.174 e. The first-order valence-electron chi connectivity index (χ1n) is 10.8. The van der Waals surface area contributed by atoms with Gasteiger partial charge in [-0.25, -0.2) is 0 Å². The molecule has 0 saturated carbocycles. The van der Waals surface area contributed by atoms with E-state index < -0.39 is 31.9 Å². The Morgan fingerprint density at radius 3 is 1.50 bits per heavy atom. The second kappa shape index (κ2) is 8.24. The minimum Gasteiger partial charge on any atom is -0.411 e. The van der Waals surface area contributed by atoms with Gasteiger partial charge < -0.3 is 14.4 Å². The highest BCUT2D eigenvalue weighted by Gasteiger charge is 2.58. The highest BCUT2D eigenvalue weighted by Crippen LogP contribution is 2.44. The fraction of sp³-hybridized carbons (Fsp3) is 1.00. The molecular formula is C19H48N2OSi4. The molecule has 26 heavy (non-hydrogen) atoms. The van der Waals surface area contributed by atoms with Gasteiger partial charge in [-0.05, 0) is 32.4 Å². The molecular weight excluding hydrogens is 385 g/mol. The molecule has 0 aromatic rings. The van der Waals surface area contributed by atoms with Crippen LogP contribution in [0.15, 0.2) is 0 Å². The monoisotopic (exact) mass is 432 g/mol. The van der Waals surface area contributed by atoms with Crippen molar-refractivity contribution in [3.63, 3.8) is 0 Å². The van der Waals surface area contributed by atoms with Gasteiger partial charge in [-0.1, -0.05) is 72.3 Å². The average Bonchev–Trinajstić information content (AvgIpc) is 2.43. The second-order valence-electron chi connectivity index (χ2n) is 11.7. The predicted octanol–water partition coefficient (Wildman–Crippen LogP) is 5.54. The molecule has 1 aliphatic rings. The lowest BCUT2D eigenvalue weighted by Gasteiger charge is -2.59. The van der Waals surface area contributed by atoms with Crippen molar-refractivity contribution in [2.24, 2.45) is 0 Å². The van der Waals surface area contributed by atoms with E-state index >= 15 is 0 Å². The molecule has 0 aliphatic carbocycles. The van der Waals surface area contributed by atoms with Crippen molar-refractivity contribution in [1.82, 2.24) is 9.96 Å². The third-order valence-electron chi connectivity index (χ3n) is 6.43. The van der Waals surface area contributed by atoms with Crippen LogP contribution in [0, 0.1) is 0 Å². The van der Waals surface area contributed by atoms with E-state index in [-0.39, 0.29) is 5.60 Å². The Hall–Kier alpha value is 0.748. The summed E-state index contributed by atoms with van der Waals surface area (Å²) in [5.74, 6) is 0. The summed E-state index contributed by atoms with van der Waals surface area (Å²) in [5.41, 5.74) is -0.0394. The van der Waals surface area contributed by atoms with Gasteiger partial charge in [0.05, 0.1) is 13.2 Å². The third kappa shape index (κ3) is 5.87. The summed E-state index contributed by atoms with van der Waals surface area (Å²) in [5, 5.41) is 0. The van der Waals surface area contributed by atoms with Gasteiger partial charge >= 0.3 is 0 Å². The van der Waals surface area contributed by atoms with Crippen LogP contribution in [0.4, 0.5) is 0 Å². The molecule has 1 rings (SSSR count). The summed E-state index contributed by atoms with van der Waals surface area (Å²) in [6.07, 6.45) is 3.54. The summed E-state index contributed by atoms with van der Waals surface area (Å²) in [6.45, 7) is 29.5. The van der Waals surface area contributed by atoms with Gasteiger partial charge in [-0.2, -0.15) is 0 Å². The Morgan fingerprint density at radius 1 is 0.846 bits per heavy atom. The molecule has 0 aromatic heterocycles. The van der Waals surface area contributed by atoms with Gasteiger partial charge in [0.2, 0.25) is 0 Å². The Morgan fingerprint density at radius 2 is 1.23 bits per heavy atom. The Balaban J connectivity index is 3.41. The Bertz CT molecular complexity index is 445. The molecule has 0 amide bonds. The highest BCUT2D eigenvalue weighted by molar-refractivity contribution is 7.38. The van der Waals surface area contributed by atoms with E-state index in [0.29, 0.717) is 12.1 Å². The van der Waals surface area contributed by atoms with Gasteiger partial charge in [0.15, 0.2) is 7.83 Å². The molecule has 156 valence electrons. The normalized spacial score (nSPS) is 28.6. The van der Waals surface area contributed by atoms with Crippen LogP contribution in [0.25, 0.3) is 0 Å². The zero-order valence-corrected chi connectivity index (χ0v) is 23.9. The van der Waals surface area contributed by atoms with Gasteiger partial charge in [0.1, 0.15) is 16.5 Å².